The highest BCUT2D eigenvalue weighted by atomic mass is 79.9. The monoisotopic (exact) mass is 522 g/mol. The summed E-state index contributed by atoms with van der Waals surface area (Å²) in [7, 11) is 0. The molecule has 0 fully saturated rings. The second kappa shape index (κ2) is 9.12. The molecule has 170 valence electrons. The molecule has 0 aliphatic heterocycles. The Hall–Kier alpha value is -3.19. The SMILES string of the molecule is NC(=O)c1c(F)ccc(OCC(O)c2nc(-c3ccc(OC(F)(F)F)cc3)c(Br)o2)c1F. The van der Waals surface area contributed by atoms with E-state index in [1.54, 1.807) is 0 Å². The molecule has 0 saturated heterocycles. The number of rotatable bonds is 7. The van der Waals surface area contributed by atoms with Crippen molar-refractivity contribution in [2.45, 2.75) is 12.5 Å². The number of hydrogen-bond acceptors (Lipinski definition) is 6. The molecule has 3 N–H and O–H groups in total. The lowest BCUT2D eigenvalue weighted by molar-refractivity contribution is -0.274. The van der Waals surface area contributed by atoms with Crippen molar-refractivity contribution in [2.24, 2.45) is 5.73 Å². The number of carbonyl (C=O) groups is 1. The van der Waals surface area contributed by atoms with Gasteiger partial charge in [0.25, 0.3) is 5.91 Å². The van der Waals surface area contributed by atoms with Crippen molar-refractivity contribution in [3.8, 4) is 22.8 Å². The molecular weight excluding hydrogens is 511 g/mol. The number of oxazole rings is 1. The van der Waals surface area contributed by atoms with Crippen LogP contribution in [0.3, 0.4) is 0 Å². The van der Waals surface area contributed by atoms with E-state index in [0.29, 0.717) is 5.56 Å². The predicted octanol–water partition coefficient (Wildman–Crippen LogP) is 4.49. The molecule has 3 rings (SSSR count). The molecule has 0 spiro atoms. The van der Waals surface area contributed by atoms with E-state index in [9.17, 15) is 31.9 Å². The standard InChI is InChI=1S/C19H12BrF5N2O5/c20-16-15(8-1-3-9(4-2-8)32-19(23,24)25)27-18(31-16)11(28)7-30-12-6-5-10(21)13(14(12)22)17(26)29/h1-6,11,28H,7H2,(H2,26,29). The van der Waals surface area contributed by atoms with Crippen molar-refractivity contribution in [1.29, 1.82) is 0 Å². The van der Waals surface area contributed by atoms with Gasteiger partial charge in [-0.3, -0.25) is 4.79 Å². The number of alkyl halides is 3. The van der Waals surface area contributed by atoms with Gasteiger partial charge in [0, 0.05) is 5.56 Å². The minimum atomic E-state index is -4.84. The molecule has 1 amide bonds. The van der Waals surface area contributed by atoms with Crippen LogP contribution in [0.1, 0.15) is 22.4 Å². The average molecular weight is 523 g/mol. The van der Waals surface area contributed by atoms with Crippen LogP contribution in [0, 0.1) is 11.6 Å². The van der Waals surface area contributed by atoms with Gasteiger partial charge in [-0.15, -0.1) is 13.2 Å². The summed E-state index contributed by atoms with van der Waals surface area (Å²) < 4.78 is 78.7. The molecule has 0 saturated carbocycles. The highest BCUT2D eigenvalue weighted by Gasteiger charge is 2.31. The second-order valence-corrected chi connectivity index (χ2v) is 6.89. The summed E-state index contributed by atoms with van der Waals surface area (Å²) in [4.78, 5) is 15.2. The lowest BCUT2D eigenvalue weighted by Crippen LogP contribution is -2.17. The molecule has 1 heterocycles. The number of carbonyl (C=O) groups excluding carboxylic acids is 1. The van der Waals surface area contributed by atoms with Crippen molar-refractivity contribution >= 4 is 21.8 Å². The van der Waals surface area contributed by atoms with E-state index in [-0.39, 0.29) is 16.3 Å². The maximum atomic E-state index is 14.2. The van der Waals surface area contributed by atoms with Crippen molar-refractivity contribution in [1.82, 2.24) is 4.98 Å². The molecule has 2 aromatic carbocycles. The fourth-order valence-electron chi connectivity index (χ4n) is 2.56. The van der Waals surface area contributed by atoms with Gasteiger partial charge in [0.2, 0.25) is 5.89 Å². The van der Waals surface area contributed by atoms with E-state index in [1.165, 1.54) is 12.1 Å². The Bertz CT molecular complexity index is 1130. The molecule has 1 aromatic heterocycles. The zero-order valence-electron chi connectivity index (χ0n) is 15.6. The van der Waals surface area contributed by atoms with Gasteiger partial charge < -0.3 is 24.7 Å². The van der Waals surface area contributed by atoms with Gasteiger partial charge in [0.1, 0.15) is 29.4 Å². The molecule has 3 aromatic rings. The Kier molecular flexibility index (Phi) is 6.69. The molecule has 1 unspecified atom stereocenters. The van der Waals surface area contributed by atoms with Gasteiger partial charge in [-0.1, -0.05) is 0 Å². The van der Waals surface area contributed by atoms with Crippen LogP contribution in [-0.2, 0) is 0 Å². The van der Waals surface area contributed by atoms with Crippen LogP contribution in [0.5, 0.6) is 11.5 Å². The van der Waals surface area contributed by atoms with E-state index >= 15 is 0 Å². The van der Waals surface area contributed by atoms with Crippen LogP contribution in [0.15, 0.2) is 45.5 Å². The van der Waals surface area contributed by atoms with E-state index in [0.717, 1.165) is 24.3 Å². The molecule has 0 aliphatic carbocycles. The third-order valence-corrected chi connectivity index (χ3v) is 4.48. The number of ether oxygens (including phenoxy) is 2. The van der Waals surface area contributed by atoms with Crippen LogP contribution < -0.4 is 15.2 Å². The maximum absolute atomic E-state index is 14.2. The average Bonchev–Trinajstić information content (AvgIpc) is 3.08. The first-order valence-corrected chi connectivity index (χ1v) is 9.36. The van der Waals surface area contributed by atoms with E-state index < -0.39 is 53.7 Å². The quantitative estimate of drug-likeness (QED) is 0.442. The zero-order chi connectivity index (χ0) is 23.6. The largest absolute Gasteiger partial charge is 0.573 e. The summed E-state index contributed by atoms with van der Waals surface area (Å²) in [5, 5.41) is 10.2. The second-order valence-electron chi connectivity index (χ2n) is 6.17. The first-order chi connectivity index (χ1) is 15.0. The number of amides is 1. The zero-order valence-corrected chi connectivity index (χ0v) is 17.2. The summed E-state index contributed by atoms with van der Waals surface area (Å²) in [6, 6.07) is 6.39. The van der Waals surface area contributed by atoms with Crippen LogP contribution in [0.2, 0.25) is 0 Å². The first-order valence-electron chi connectivity index (χ1n) is 8.57. The molecule has 0 bridgehead atoms. The summed E-state index contributed by atoms with van der Waals surface area (Å²) in [6.45, 7) is -0.592. The maximum Gasteiger partial charge on any atom is 0.573 e. The number of halogens is 6. The van der Waals surface area contributed by atoms with Crippen LogP contribution in [0.25, 0.3) is 11.3 Å². The van der Waals surface area contributed by atoms with Crippen LogP contribution in [-0.4, -0.2) is 29.0 Å². The predicted molar refractivity (Wildman–Crippen MR) is 102 cm³/mol. The summed E-state index contributed by atoms with van der Waals surface area (Å²) >= 11 is 3.09. The Morgan fingerprint density at radius 2 is 1.84 bits per heavy atom. The van der Waals surface area contributed by atoms with E-state index in [2.05, 4.69) is 25.7 Å². The third-order valence-electron chi connectivity index (χ3n) is 3.95. The minimum absolute atomic E-state index is 0.0556. The molecule has 32 heavy (non-hydrogen) atoms. The number of nitrogens with zero attached hydrogens (tertiary/aromatic N) is 1. The van der Waals surface area contributed by atoms with Crippen molar-refractivity contribution in [3.05, 3.63) is 64.2 Å². The lowest BCUT2D eigenvalue weighted by atomic mass is 10.1. The number of aromatic nitrogens is 1. The van der Waals surface area contributed by atoms with Gasteiger partial charge in [-0.05, 0) is 52.3 Å². The molecule has 0 radical (unpaired) electrons. The Labute approximate surface area is 184 Å². The van der Waals surface area contributed by atoms with E-state index in [1.807, 2.05) is 0 Å². The number of aliphatic hydroxyl groups excluding tert-OH is 1. The molecule has 13 heteroatoms. The molecule has 7 nitrogen and oxygen atoms in total. The van der Waals surface area contributed by atoms with Gasteiger partial charge in [0.05, 0.1) is 0 Å². The highest BCUT2D eigenvalue weighted by molar-refractivity contribution is 9.10. The van der Waals surface area contributed by atoms with Gasteiger partial charge in [-0.25, -0.2) is 13.8 Å². The van der Waals surface area contributed by atoms with Gasteiger partial charge in [-0.2, -0.15) is 0 Å². The minimum Gasteiger partial charge on any atom is -0.487 e. The fraction of sp³-hybridized carbons (Fsp3) is 0.158. The lowest BCUT2D eigenvalue weighted by Gasteiger charge is -2.11. The topological polar surface area (TPSA) is 108 Å². The van der Waals surface area contributed by atoms with Gasteiger partial charge >= 0.3 is 6.36 Å². The number of primary amides is 1. The smallest absolute Gasteiger partial charge is 0.487 e. The van der Waals surface area contributed by atoms with E-state index in [4.69, 9.17) is 14.9 Å². The first kappa shape index (κ1) is 23.5. The van der Waals surface area contributed by atoms with Crippen molar-refractivity contribution < 1.29 is 45.7 Å². The summed E-state index contributed by atoms with van der Waals surface area (Å²) in [6.07, 6.45) is -6.36. The highest BCUT2D eigenvalue weighted by Crippen LogP contribution is 2.33. The van der Waals surface area contributed by atoms with Crippen LogP contribution >= 0.6 is 15.9 Å². The Balaban J connectivity index is 1.73. The number of aliphatic hydroxyl groups is 1. The normalized spacial score (nSPS) is 12.5. The molecule has 1 atom stereocenters. The Morgan fingerprint density at radius 1 is 1.19 bits per heavy atom. The fourth-order valence-corrected chi connectivity index (χ4v) is 3.05. The van der Waals surface area contributed by atoms with Crippen molar-refractivity contribution in [3.63, 3.8) is 0 Å². The summed E-state index contributed by atoms with van der Waals surface area (Å²) in [5.41, 5.74) is 4.43. The number of hydrogen-bond donors (Lipinski definition) is 2. The molecular formula is C19H12BrF5N2O5. The van der Waals surface area contributed by atoms with Crippen molar-refractivity contribution in [2.75, 3.05) is 6.61 Å². The third kappa shape index (κ3) is 5.34. The molecule has 0 aliphatic rings. The Morgan fingerprint density at radius 3 is 2.44 bits per heavy atom. The number of benzene rings is 2. The summed E-state index contributed by atoms with van der Waals surface area (Å²) in [5.74, 6) is -5.08. The van der Waals surface area contributed by atoms with Crippen LogP contribution in [0.4, 0.5) is 22.0 Å². The van der Waals surface area contributed by atoms with Gasteiger partial charge in [0.15, 0.2) is 22.3 Å². The number of nitrogens with two attached hydrogens (primary N) is 1.